The highest BCUT2D eigenvalue weighted by molar-refractivity contribution is 6.12. The number of rotatable bonds is 9. The van der Waals surface area contributed by atoms with Gasteiger partial charge in [-0.15, -0.1) is 0 Å². The summed E-state index contributed by atoms with van der Waals surface area (Å²) in [5.74, 6) is 0.108. The molecule has 0 saturated carbocycles. The average Bonchev–Trinajstić information content (AvgIpc) is 3.68. The molecule has 7 aromatic rings. The first-order chi connectivity index (χ1) is 23.4. The number of carbonyl (C=O) groups excluding carboxylic acids is 1. The summed E-state index contributed by atoms with van der Waals surface area (Å²) in [5, 5.41) is 18.6. The molecule has 0 aliphatic heterocycles. The lowest BCUT2D eigenvalue weighted by Crippen LogP contribution is -2.18. The second-order valence-electron chi connectivity index (χ2n) is 11.5. The molecule has 0 aliphatic carbocycles. The number of aliphatic hydroxyl groups excluding tert-OH is 1. The number of fused-ring (bicyclic) bond motifs is 2. The second kappa shape index (κ2) is 12.7. The molecule has 0 aliphatic rings. The third-order valence-electron chi connectivity index (χ3n) is 8.24. The van der Waals surface area contributed by atoms with Crippen LogP contribution < -0.4 is 15.0 Å². The first-order valence-corrected chi connectivity index (χ1v) is 15.4. The summed E-state index contributed by atoms with van der Waals surface area (Å²) in [7, 11) is 5.39. The van der Waals surface area contributed by atoms with Crippen LogP contribution in [0.4, 0.5) is 10.1 Å². The molecular weight excluding hydrogens is 609 g/mol. The molecule has 9 nitrogen and oxygen atoms in total. The molecule has 0 fully saturated rings. The van der Waals surface area contributed by atoms with E-state index in [-0.39, 0.29) is 18.3 Å². The van der Waals surface area contributed by atoms with E-state index in [4.69, 9.17) is 19.2 Å². The molecule has 7 rings (SSSR count). The van der Waals surface area contributed by atoms with Crippen molar-refractivity contribution in [1.82, 2.24) is 19.9 Å². The van der Waals surface area contributed by atoms with Gasteiger partial charge in [-0.05, 0) is 60.2 Å². The predicted octanol–water partition coefficient (Wildman–Crippen LogP) is 7.11. The molecule has 0 radical (unpaired) electrons. The standard InChI is InChI=1S/C38H32FN5O4/c1-40-38(46)34-27-19-26(31(43(2)3)20-33(27)48-37(34)24-12-14-25(39)15-13-24)29-16-17-32(47-22-23-9-5-4-6-10-23)36(41-29)35-28(21-45)30-11-7-8-18-44(30)42-35/h4-20,45H,21-22H2,1-3H3,(H,40,46). The number of aliphatic hydroxyl groups is 1. The first kappa shape index (κ1) is 30.6. The largest absolute Gasteiger partial charge is 0.487 e. The maximum atomic E-state index is 13.8. The zero-order valence-electron chi connectivity index (χ0n) is 26.6. The van der Waals surface area contributed by atoms with Crippen LogP contribution in [-0.4, -0.2) is 46.8 Å². The van der Waals surface area contributed by atoms with Crippen molar-refractivity contribution in [3.8, 4) is 39.7 Å². The van der Waals surface area contributed by atoms with E-state index in [1.807, 2.05) is 98.0 Å². The Morgan fingerprint density at radius 1 is 0.979 bits per heavy atom. The molecular formula is C38H32FN5O4. The molecule has 3 aromatic carbocycles. The molecule has 240 valence electrons. The van der Waals surface area contributed by atoms with Gasteiger partial charge in [0.25, 0.3) is 5.91 Å². The predicted molar refractivity (Wildman–Crippen MR) is 183 cm³/mol. The minimum Gasteiger partial charge on any atom is -0.487 e. The highest BCUT2D eigenvalue weighted by Crippen LogP contribution is 2.42. The Hall–Kier alpha value is -6.00. The molecule has 2 N–H and O–H groups in total. The van der Waals surface area contributed by atoms with Gasteiger partial charge in [0.1, 0.15) is 40.9 Å². The zero-order valence-corrected chi connectivity index (χ0v) is 26.6. The Morgan fingerprint density at radius 3 is 2.48 bits per heavy atom. The van der Waals surface area contributed by atoms with Crippen molar-refractivity contribution in [2.24, 2.45) is 0 Å². The Bertz CT molecular complexity index is 2280. The van der Waals surface area contributed by atoms with Gasteiger partial charge >= 0.3 is 0 Å². The fourth-order valence-electron chi connectivity index (χ4n) is 5.88. The summed E-state index contributed by atoms with van der Waals surface area (Å²) in [5.41, 5.74) is 6.84. The number of benzene rings is 3. The number of halogens is 1. The molecule has 0 bridgehead atoms. The van der Waals surface area contributed by atoms with Gasteiger partial charge in [-0.3, -0.25) is 4.79 Å². The summed E-state index contributed by atoms with van der Waals surface area (Å²) in [6.07, 6.45) is 1.82. The normalized spacial score (nSPS) is 11.3. The summed E-state index contributed by atoms with van der Waals surface area (Å²) in [6.45, 7) is 0.0563. The van der Waals surface area contributed by atoms with Crippen LogP contribution in [0.2, 0.25) is 0 Å². The molecule has 0 saturated heterocycles. The van der Waals surface area contributed by atoms with Crippen molar-refractivity contribution in [3.63, 3.8) is 0 Å². The Kier molecular flexibility index (Phi) is 8.08. The number of furan rings is 1. The number of hydrogen-bond acceptors (Lipinski definition) is 7. The van der Waals surface area contributed by atoms with E-state index in [0.717, 1.165) is 22.3 Å². The van der Waals surface area contributed by atoms with Crippen LogP contribution in [0.3, 0.4) is 0 Å². The topological polar surface area (TPSA) is 105 Å². The molecule has 48 heavy (non-hydrogen) atoms. The maximum Gasteiger partial charge on any atom is 0.255 e. The maximum absolute atomic E-state index is 13.8. The number of nitrogens with one attached hydrogen (secondary N) is 1. The number of nitrogens with zero attached hydrogens (tertiary/aromatic N) is 4. The van der Waals surface area contributed by atoms with Gasteiger partial charge in [0, 0.05) is 61.2 Å². The minimum absolute atomic E-state index is 0.252. The van der Waals surface area contributed by atoms with Crippen LogP contribution in [0.1, 0.15) is 21.5 Å². The van der Waals surface area contributed by atoms with E-state index < -0.39 is 0 Å². The molecule has 0 atom stereocenters. The number of anilines is 1. The lowest BCUT2D eigenvalue weighted by atomic mass is 10.00. The van der Waals surface area contributed by atoms with Crippen LogP contribution in [0, 0.1) is 5.82 Å². The van der Waals surface area contributed by atoms with Crippen molar-refractivity contribution in [3.05, 3.63) is 126 Å². The number of hydrogen-bond donors (Lipinski definition) is 2. The van der Waals surface area contributed by atoms with Crippen LogP contribution >= 0.6 is 0 Å². The van der Waals surface area contributed by atoms with E-state index in [0.29, 0.717) is 62.9 Å². The SMILES string of the molecule is CNC(=O)c1c(-c2ccc(F)cc2)oc2cc(N(C)C)c(-c3ccc(OCc4ccccc4)c(-c4nn5ccccc5c4CO)n3)cc12. The zero-order chi connectivity index (χ0) is 33.4. The van der Waals surface area contributed by atoms with Gasteiger partial charge in [-0.2, -0.15) is 5.10 Å². The Labute approximate surface area is 275 Å². The van der Waals surface area contributed by atoms with E-state index >= 15 is 0 Å². The van der Waals surface area contributed by atoms with Gasteiger partial charge in [0.05, 0.1) is 23.4 Å². The summed E-state index contributed by atoms with van der Waals surface area (Å²) in [4.78, 5) is 20.4. The van der Waals surface area contributed by atoms with Crippen molar-refractivity contribution in [2.45, 2.75) is 13.2 Å². The summed E-state index contributed by atoms with van der Waals surface area (Å²) < 4.78 is 28.1. The highest BCUT2D eigenvalue weighted by atomic mass is 19.1. The highest BCUT2D eigenvalue weighted by Gasteiger charge is 2.26. The molecule has 0 spiro atoms. The molecule has 10 heteroatoms. The smallest absolute Gasteiger partial charge is 0.255 e. The van der Waals surface area contributed by atoms with E-state index in [9.17, 15) is 14.3 Å². The van der Waals surface area contributed by atoms with Crippen LogP contribution in [0.25, 0.3) is 50.5 Å². The molecule has 1 amide bonds. The van der Waals surface area contributed by atoms with E-state index in [2.05, 4.69) is 5.32 Å². The van der Waals surface area contributed by atoms with Crippen molar-refractivity contribution < 1.29 is 23.4 Å². The average molecular weight is 642 g/mol. The number of ether oxygens (including phenoxy) is 1. The molecule has 0 unspecified atom stereocenters. The van der Waals surface area contributed by atoms with Crippen LogP contribution in [0.15, 0.2) is 108 Å². The van der Waals surface area contributed by atoms with Crippen LogP contribution in [-0.2, 0) is 13.2 Å². The number of pyridine rings is 2. The summed E-state index contributed by atoms with van der Waals surface area (Å²) >= 11 is 0. The van der Waals surface area contributed by atoms with Gasteiger partial charge in [0.15, 0.2) is 0 Å². The molecule has 4 heterocycles. The van der Waals surface area contributed by atoms with Crippen molar-refractivity contribution >= 4 is 28.1 Å². The van der Waals surface area contributed by atoms with Crippen LogP contribution in [0.5, 0.6) is 5.75 Å². The molecule has 4 aromatic heterocycles. The van der Waals surface area contributed by atoms with Gasteiger partial charge in [-0.1, -0.05) is 36.4 Å². The Balaban J connectivity index is 1.44. The Morgan fingerprint density at radius 2 is 1.75 bits per heavy atom. The number of carbonyl (C=O) groups is 1. The third kappa shape index (κ3) is 5.52. The number of aromatic nitrogens is 3. The van der Waals surface area contributed by atoms with Crippen molar-refractivity contribution in [2.75, 3.05) is 26.0 Å². The fraction of sp³-hybridized carbons (Fsp3) is 0.132. The van der Waals surface area contributed by atoms with E-state index in [1.165, 1.54) is 12.1 Å². The fourth-order valence-corrected chi connectivity index (χ4v) is 5.88. The quantitative estimate of drug-likeness (QED) is 0.173. The monoisotopic (exact) mass is 641 g/mol. The first-order valence-electron chi connectivity index (χ1n) is 15.4. The minimum atomic E-state index is -0.387. The summed E-state index contributed by atoms with van der Waals surface area (Å²) in [6, 6.07) is 28.8. The van der Waals surface area contributed by atoms with Gasteiger partial charge in [-0.25, -0.2) is 13.9 Å². The lowest BCUT2D eigenvalue weighted by Gasteiger charge is -2.19. The van der Waals surface area contributed by atoms with Crippen molar-refractivity contribution in [1.29, 1.82) is 0 Å². The lowest BCUT2D eigenvalue weighted by molar-refractivity contribution is 0.0964. The third-order valence-corrected chi connectivity index (χ3v) is 8.24. The van der Waals surface area contributed by atoms with Gasteiger partial charge < -0.3 is 24.5 Å². The number of amides is 1. The second-order valence-corrected chi connectivity index (χ2v) is 11.5. The van der Waals surface area contributed by atoms with E-state index in [1.54, 1.807) is 23.7 Å². The van der Waals surface area contributed by atoms with Gasteiger partial charge in [0.2, 0.25) is 0 Å².